The molecule has 0 saturated carbocycles. The van der Waals surface area contributed by atoms with Gasteiger partial charge in [-0.1, -0.05) is 24.3 Å². The van der Waals surface area contributed by atoms with Crippen LogP contribution in [0.2, 0.25) is 0 Å². The molecule has 0 radical (unpaired) electrons. The SMILES string of the molecule is [C-]#[N+]Cc1ccc(-c2cc3c(cn2)cc(-c2c(F)c(OC)cc(OC)c2F)c(=O)n3C2CCOC2)cc1. The van der Waals surface area contributed by atoms with Gasteiger partial charge in [-0.25, -0.2) is 15.4 Å². The number of hydrogen-bond acceptors (Lipinski definition) is 5. The highest BCUT2D eigenvalue weighted by Gasteiger charge is 2.28. The Balaban J connectivity index is 1.76. The van der Waals surface area contributed by atoms with Gasteiger partial charge in [-0.3, -0.25) is 9.78 Å². The molecule has 1 aliphatic heterocycles. The summed E-state index contributed by atoms with van der Waals surface area (Å²) in [6.07, 6.45) is 2.16. The van der Waals surface area contributed by atoms with E-state index in [4.69, 9.17) is 20.8 Å². The number of fused-ring (bicyclic) bond motifs is 1. The topological polar surface area (TPSA) is 66.9 Å². The minimum absolute atomic E-state index is 0.162. The first-order valence-electron chi connectivity index (χ1n) is 11.6. The molecule has 1 unspecified atom stereocenters. The molecule has 2 aromatic heterocycles. The van der Waals surface area contributed by atoms with E-state index in [1.54, 1.807) is 16.8 Å². The number of benzene rings is 2. The monoisotopic (exact) mass is 503 g/mol. The van der Waals surface area contributed by atoms with Crippen LogP contribution in [-0.2, 0) is 11.3 Å². The lowest BCUT2D eigenvalue weighted by molar-refractivity contribution is 0.186. The molecule has 3 heterocycles. The van der Waals surface area contributed by atoms with E-state index in [1.807, 2.05) is 24.3 Å². The van der Waals surface area contributed by atoms with E-state index in [0.717, 1.165) is 17.2 Å². The van der Waals surface area contributed by atoms with Crippen LogP contribution >= 0.6 is 0 Å². The number of aromatic nitrogens is 2. The van der Waals surface area contributed by atoms with Crippen molar-refractivity contribution in [1.82, 2.24) is 9.55 Å². The van der Waals surface area contributed by atoms with Gasteiger partial charge in [-0.05, 0) is 18.6 Å². The van der Waals surface area contributed by atoms with Crippen molar-refractivity contribution < 1.29 is 23.0 Å². The molecule has 0 spiro atoms. The second-order valence-corrected chi connectivity index (χ2v) is 8.68. The number of ether oxygens (including phenoxy) is 3. The molecule has 5 rings (SSSR count). The van der Waals surface area contributed by atoms with E-state index < -0.39 is 22.8 Å². The predicted octanol–water partition coefficient (Wildman–Crippen LogP) is 5.41. The van der Waals surface area contributed by atoms with Gasteiger partial charge >= 0.3 is 0 Å². The van der Waals surface area contributed by atoms with Gasteiger partial charge in [0, 0.05) is 35.4 Å². The van der Waals surface area contributed by atoms with E-state index in [0.29, 0.717) is 36.2 Å². The quantitative estimate of drug-likeness (QED) is 0.330. The summed E-state index contributed by atoms with van der Waals surface area (Å²) in [4.78, 5) is 21.8. The average Bonchev–Trinajstić information content (AvgIpc) is 3.44. The number of pyridine rings is 2. The van der Waals surface area contributed by atoms with Gasteiger partial charge in [0.05, 0.1) is 49.2 Å². The van der Waals surface area contributed by atoms with E-state index in [1.165, 1.54) is 20.3 Å². The first-order valence-corrected chi connectivity index (χ1v) is 11.6. The molecule has 2 aromatic carbocycles. The molecule has 9 heteroatoms. The van der Waals surface area contributed by atoms with Crippen molar-refractivity contribution >= 4 is 10.9 Å². The molecule has 0 amide bonds. The van der Waals surface area contributed by atoms with Crippen LogP contribution in [0.25, 0.3) is 38.1 Å². The van der Waals surface area contributed by atoms with Gasteiger partial charge in [-0.15, -0.1) is 0 Å². The average molecular weight is 504 g/mol. The smallest absolute Gasteiger partial charge is 0.259 e. The van der Waals surface area contributed by atoms with Crippen molar-refractivity contribution in [1.29, 1.82) is 0 Å². The van der Waals surface area contributed by atoms with Crippen LogP contribution in [0.3, 0.4) is 0 Å². The maximum atomic E-state index is 15.4. The molecule has 1 fully saturated rings. The van der Waals surface area contributed by atoms with Gasteiger partial charge < -0.3 is 23.6 Å². The normalized spacial score (nSPS) is 15.1. The third-order valence-corrected chi connectivity index (χ3v) is 6.55. The third-order valence-electron chi connectivity index (χ3n) is 6.55. The molecule has 1 aliphatic rings. The van der Waals surface area contributed by atoms with E-state index in [-0.39, 0.29) is 29.6 Å². The molecule has 1 saturated heterocycles. The summed E-state index contributed by atoms with van der Waals surface area (Å²) in [5, 5.41) is 0.537. The Bertz CT molecular complexity index is 1560. The molecule has 0 N–H and O–H groups in total. The maximum absolute atomic E-state index is 15.4. The van der Waals surface area contributed by atoms with Crippen LogP contribution in [0.4, 0.5) is 8.78 Å². The van der Waals surface area contributed by atoms with E-state index >= 15 is 8.78 Å². The lowest BCUT2D eigenvalue weighted by Gasteiger charge is -2.19. The summed E-state index contributed by atoms with van der Waals surface area (Å²) in [7, 11) is 2.52. The first kappa shape index (κ1) is 24.4. The zero-order valence-electron chi connectivity index (χ0n) is 20.3. The summed E-state index contributed by atoms with van der Waals surface area (Å²) in [5.74, 6) is -2.46. The number of halogens is 2. The van der Waals surface area contributed by atoms with E-state index in [2.05, 4.69) is 9.83 Å². The van der Waals surface area contributed by atoms with Gasteiger partial charge in [-0.2, -0.15) is 0 Å². The molecule has 188 valence electrons. The molecule has 0 aliphatic carbocycles. The Morgan fingerprint density at radius 3 is 2.41 bits per heavy atom. The van der Waals surface area contributed by atoms with Crippen LogP contribution < -0.4 is 15.0 Å². The fourth-order valence-electron chi connectivity index (χ4n) is 4.65. The van der Waals surface area contributed by atoms with Gasteiger partial charge in [0.25, 0.3) is 5.56 Å². The Kier molecular flexibility index (Phi) is 6.59. The van der Waals surface area contributed by atoms with Crippen LogP contribution in [0.5, 0.6) is 11.5 Å². The minimum atomic E-state index is -0.990. The molecular formula is C28H23F2N3O4. The summed E-state index contributed by atoms with van der Waals surface area (Å²) >= 11 is 0. The summed E-state index contributed by atoms with van der Waals surface area (Å²) in [6.45, 7) is 8.09. The Morgan fingerprint density at radius 2 is 1.81 bits per heavy atom. The largest absolute Gasteiger partial charge is 0.494 e. The molecular weight excluding hydrogens is 480 g/mol. The fraction of sp³-hybridized carbons (Fsp3) is 0.250. The second kappa shape index (κ2) is 9.99. The van der Waals surface area contributed by atoms with Gasteiger partial charge in [0.15, 0.2) is 23.1 Å². The standard InChI is InChI=1S/C28H23F2N3O4/c1-31-13-16-4-6-17(7-5-16)21-11-22-18(14-32-21)10-20(28(34)33(22)19-8-9-37-15-19)25-26(29)23(35-2)12-24(36-3)27(25)30/h4-7,10-12,14,19H,8-9,13,15H2,2-3H3. The van der Waals surface area contributed by atoms with Crippen LogP contribution in [0.1, 0.15) is 18.0 Å². The van der Waals surface area contributed by atoms with Crippen molar-refractivity contribution in [3.63, 3.8) is 0 Å². The van der Waals surface area contributed by atoms with Crippen LogP contribution in [-0.4, -0.2) is 37.0 Å². The summed E-state index contributed by atoms with van der Waals surface area (Å²) in [5.41, 5.74) is 1.68. The zero-order chi connectivity index (χ0) is 26.1. The fourth-order valence-corrected chi connectivity index (χ4v) is 4.65. The van der Waals surface area contributed by atoms with Crippen molar-refractivity contribution in [2.24, 2.45) is 0 Å². The highest BCUT2D eigenvalue weighted by atomic mass is 19.1. The summed E-state index contributed by atoms with van der Waals surface area (Å²) in [6, 6.07) is 11.5. The van der Waals surface area contributed by atoms with Crippen molar-refractivity contribution in [3.8, 4) is 33.9 Å². The van der Waals surface area contributed by atoms with Crippen molar-refractivity contribution in [3.05, 3.63) is 87.6 Å². The Morgan fingerprint density at radius 1 is 1.11 bits per heavy atom. The lowest BCUT2D eigenvalue weighted by atomic mass is 10.0. The maximum Gasteiger partial charge on any atom is 0.259 e. The molecule has 1 atom stereocenters. The zero-order valence-corrected chi connectivity index (χ0v) is 20.3. The number of hydrogen-bond donors (Lipinski definition) is 0. The van der Waals surface area contributed by atoms with E-state index in [9.17, 15) is 4.79 Å². The highest BCUT2D eigenvalue weighted by molar-refractivity contribution is 5.87. The second-order valence-electron chi connectivity index (χ2n) is 8.68. The number of nitrogens with zero attached hydrogens (tertiary/aromatic N) is 3. The number of rotatable bonds is 6. The predicted molar refractivity (Wildman–Crippen MR) is 135 cm³/mol. The van der Waals surface area contributed by atoms with Crippen molar-refractivity contribution in [2.75, 3.05) is 27.4 Å². The molecule has 4 aromatic rings. The molecule has 0 bridgehead atoms. The highest BCUT2D eigenvalue weighted by Crippen LogP contribution is 2.38. The Labute approximate surface area is 211 Å². The lowest BCUT2D eigenvalue weighted by Crippen LogP contribution is -2.27. The van der Waals surface area contributed by atoms with Gasteiger partial charge in [0.2, 0.25) is 6.54 Å². The van der Waals surface area contributed by atoms with Crippen LogP contribution in [0.15, 0.2) is 53.5 Å². The van der Waals surface area contributed by atoms with Gasteiger partial charge in [0.1, 0.15) is 0 Å². The van der Waals surface area contributed by atoms with Crippen molar-refractivity contribution in [2.45, 2.75) is 19.0 Å². The summed E-state index contributed by atoms with van der Waals surface area (Å²) < 4.78 is 48.0. The first-order chi connectivity index (χ1) is 18.0. The Hall–Kier alpha value is -4.29. The minimum Gasteiger partial charge on any atom is -0.494 e. The molecule has 37 heavy (non-hydrogen) atoms. The number of methoxy groups -OCH3 is 2. The van der Waals surface area contributed by atoms with Crippen LogP contribution in [0, 0.1) is 18.2 Å². The third kappa shape index (κ3) is 4.30. The molecule has 7 nitrogen and oxygen atoms in total.